The van der Waals surface area contributed by atoms with Gasteiger partial charge in [0.25, 0.3) is 0 Å². The molecule has 0 fully saturated rings. The Hall–Kier alpha value is -0.260. The Morgan fingerprint density at radius 1 is 1.15 bits per heavy atom. The van der Waals surface area contributed by atoms with Gasteiger partial charge in [-0.2, -0.15) is 0 Å². The minimum Gasteiger partial charge on any atom is -0.0736 e. The number of rotatable bonds is 0. The van der Waals surface area contributed by atoms with Gasteiger partial charge in [-0.3, -0.25) is 0 Å². The van der Waals surface area contributed by atoms with E-state index in [1.165, 1.54) is 12.8 Å². The normalized spacial score (nSPS) is 26.5. The number of hydrogen-bond donors (Lipinski definition) is 0. The molecular formula is C13H26. The third-order valence-corrected chi connectivity index (χ3v) is 3.17. The predicted molar refractivity (Wildman–Crippen MR) is 61.9 cm³/mol. The van der Waals surface area contributed by atoms with E-state index in [2.05, 4.69) is 34.6 Å². The van der Waals surface area contributed by atoms with E-state index in [-0.39, 0.29) is 0 Å². The van der Waals surface area contributed by atoms with Gasteiger partial charge >= 0.3 is 0 Å². The van der Waals surface area contributed by atoms with Gasteiger partial charge < -0.3 is 0 Å². The van der Waals surface area contributed by atoms with E-state index in [9.17, 15) is 0 Å². The fourth-order valence-electron chi connectivity index (χ4n) is 2.35. The van der Waals surface area contributed by atoms with Crippen LogP contribution in [0.1, 0.15) is 61.3 Å². The average molecular weight is 182 g/mol. The van der Waals surface area contributed by atoms with Crippen LogP contribution in [0, 0.1) is 11.3 Å². The van der Waals surface area contributed by atoms with E-state index >= 15 is 0 Å². The summed E-state index contributed by atoms with van der Waals surface area (Å²) in [4.78, 5) is 0. The first-order valence-corrected chi connectivity index (χ1v) is 5.60. The van der Waals surface area contributed by atoms with Crippen LogP contribution in [-0.2, 0) is 0 Å². The van der Waals surface area contributed by atoms with Gasteiger partial charge in [-0.25, -0.2) is 0 Å². The van der Waals surface area contributed by atoms with Crippen LogP contribution >= 0.6 is 0 Å². The Bertz CT molecular complexity index is 184. The molecule has 0 N–H and O–H groups in total. The van der Waals surface area contributed by atoms with Crippen molar-refractivity contribution in [3.63, 3.8) is 0 Å². The first kappa shape index (κ1) is 12.7. The Labute approximate surface area is 84.4 Å². The Balaban J connectivity index is 0.000000671. The number of hydrogen-bond acceptors (Lipinski definition) is 0. The molecule has 0 heterocycles. The summed E-state index contributed by atoms with van der Waals surface area (Å²) in [6.07, 6.45) is 2.67. The molecule has 1 aliphatic carbocycles. The van der Waals surface area contributed by atoms with Crippen molar-refractivity contribution >= 4 is 0 Å². The number of allylic oxidation sites excluding steroid dienone is 2. The largest absolute Gasteiger partial charge is 0.0736 e. The summed E-state index contributed by atoms with van der Waals surface area (Å²) in [5.41, 5.74) is 3.70. The first-order chi connectivity index (χ1) is 5.93. The van der Waals surface area contributed by atoms with Crippen molar-refractivity contribution in [1.29, 1.82) is 0 Å². The van der Waals surface area contributed by atoms with Crippen LogP contribution in [0.5, 0.6) is 0 Å². The van der Waals surface area contributed by atoms with Gasteiger partial charge in [0.15, 0.2) is 0 Å². The molecule has 0 amide bonds. The highest BCUT2D eigenvalue weighted by atomic mass is 14.3. The Morgan fingerprint density at radius 2 is 1.62 bits per heavy atom. The summed E-state index contributed by atoms with van der Waals surface area (Å²) in [6.45, 7) is 15.7. The second kappa shape index (κ2) is 4.83. The minimum absolute atomic E-state index is 0.460. The lowest BCUT2D eigenvalue weighted by Crippen LogP contribution is -2.23. The quantitative estimate of drug-likeness (QED) is 0.472. The lowest BCUT2D eigenvalue weighted by atomic mass is 9.70. The van der Waals surface area contributed by atoms with Gasteiger partial charge in [0, 0.05) is 0 Å². The molecular weight excluding hydrogens is 156 g/mol. The molecule has 0 radical (unpaired) electrons. The second-order valence-corrected chi connectivity index (χ2v) is 4.80. The molecule has 0 nitrogen and oxygen atoms in total. The van der Waals surface area contributed by atoms with Crippen LogP contribution in [0.4, 0.5) is 0 Å². The monoisotopic (exact) mass is 182 g/mol. The standard InChI is InChI=1S/C11H20.C2H6/c1-8-6-9(2)10(3)11(4,5)7-8;1-2/h8H,6-7H2,1-5H3;1-2H3. The van der Waals surface area contributed by atoms with E-state index in [1.807, 2.05) is 13.8 Å². The maximum absolute atomic E-state index is 2.36. The zero-order valence-corrected chi connectivity index (χ0v) is 10.5. The molecule has 0 aromatic carbocycles. The third-order valence-electron chi connectivity index (χ3n) is 3.17. The van der Waals surface area contributed by atoms with Gasteiger partial charge in [-0.1, -0.05) is 45.8 Å². The van der Waals surface area contributed by atoms with E-state index < -0.39 is 0 Å². The highest BCUT2D eigenvalue weighted by molar-refractivity contribution is 5.20. The van der Waals surface area contributed by atoms with Crippen molar-refractivity contribution in [2.24, 2.45) is 11.3 Å². The Kier molecular flexibility index (Phi) is 4.74. The SMILES string of the molecule is CC.CC1=C(C)C(C)(C)CC(C)C1. The molecule has 13 heavy (non-hydrogen) atoms. The van der Waals surface area contributed by atoms with Crippen molar-refractivity contribution in [2.45, 2.75) is 61.3 Å². The summed E-state index contributed by atoms with van der Waals surface area (Å²) in [6, 6.07) is 0. The van der Waals surface area contributed by atoms with Gasteiger partial charge in [0.1, 0.15) is 0 Å². The van der Waals surface area contributed by atoms with E-state index in [4.69, 9.17) is 0 Å². The van der Waals surface area contributed by atoms with Crippen LogP contribution < -0.4 is 0 Å². The summed E-state index contributed by atoms with van der Waals surface area (Å²) in [7, 11) is 0. The molecule has 0 heteroatoms. The van der Waals surface area contributed by atoms with Gasteiger partial charge in [-0.05, 0) is 38.0 Å². The first-order valence-electron chi connectivity index (χ1n) is 5.60. The molecule has 0 saturated carbocycles. The zero-order chi connectivity index (χ0) is 10.6. The molecule has 0 bridgehead atoms. The molecule has 1 rings (SSSR count). The van der Waals surface area contributed by atoms with Gasteiger partial charge in [0.2, 0.25) is 0 Å². The van der Waals surface area contributed by atoms with Crippen molar-refractivity contribution < 1.29 is 0 Å². The molecule has 0 aromatic rings. The molecule has 0 aliphatic heterocycles. The average Bonchev–Trinajstić information content (AvgIpc) is 2.03. The molecule has 0 aromatic heterocycles. The highest BCUT2D eigenvalue weighted by Crippen LogP contribution is 2.42. The predicted octanol–water partition coefficient (Wildman–Crippen LogP) is 4.81. The molecule has 0 saturated heterocycles. The topological polar surface area (TPSA) is 0 Å². The maximum Gasteiger partial charge on any atom is -0.0142 e. The van der Waals surface area contributed by atoms with Crippen molar-refractivity contribution in [2.75, 3.05) is 0 Å². The van der Waals surface area contributed by atoms with Gasteiger partial charge in [-0.15, -0.1) is 0 Å². The molecule has 0 spiro atoms. The van der Waals surface area contributed by atoms with E-state index in [1.54, 1.807) is 11.1 Å². The van der Waals surface area contributed by atoms with Crippen molar-refractivity contribution in [3.05, 3.63) is 11.1 Å². The van der Waals surface area contributed by atoms with Gasteiger partial charge in [0.05, 0.1) is 0 Å². The van der Waals surface area contributed by atoms with Crippen LogP contribution in [0.25, 0.3) is 0 Å². The lowest BCUT2D eigenvalue weighted by Gasteiger charge is -2.36. The second-order valence-electron chi connectivity index (χ2n) is 4.80. The van der Waals surface area contributed by atoms with E-state index in [0.29, 0.717) is 5.41 Å². The Morgan fingerprint density at radius 3 is 2.00 bits per heavy atom. The summed E-state index contributed by atoms with van der Waals surface area (Å²) < 4.78 is 0. The summed E-state index contributed by atoms with van der Waals surface area (Å²) in [5, 5.41) is 0. The minimum atomic E-state index is 0.460. The molecule has 1 aliphatic rings. The molecule has 78 valence electrons. The van der Waals surface area contributed by atoms with Crippen molar-refractivity contribution in [1.82, 2.24) is 0 Å². The lowest BCUT2D eigenvalue weighted by molar-refractivity contribution is 0.300. The summed E-state index contributed by atoms with van der Waals surface area (Å²) in [5.74, 6) is 0.883. The van der Waals surface area contributed by atoms with E-state index in [0.717, 1.165) is 5.92 Å². The molecule has 1 unspecified atom stereocenters. The fraction of sp³-hybridized carbons (Fsp3) is 0.846. The van der Waals surface area contributed by atoms with Crippen LogP contribution in [0.15, 0.2) is 11.1 Å². The third kappa shape index (κ3) is 3.17. The smallest absolute Gasteiger partial charge is 0.0142 e. The zero-order valence-electron chi connectivity index (χ0n) is 10.5. The van der Waals surface area contributed by atoms with Crippen LogP contribution in [0.3, 0.4) is 0 Å². The highest BCUT2D eigenvalue weighted by Gasteiger charge is 2.28. The summed E-state index contributed by atoms with van der Waals surface area (Å²) >= 11 is 0. The van der Waals surface area contributed by atoms with Crippen LogP contribution in [-0.4, -0.2) is 0 Å². The fourth-order valence-corrected chi connectivity index (χ4v) is 2.35. The maximum atomic E-state index is 2.36. The molecule has 1 atom stereocenters. The van der Waals surface area contributed by atoms with Crippen molar-refractivity contribution in [3.8, 4) is 0 Å². The van der Waals surface area contributed by atoms with Crippen LogP contribution in [0.2, 0.25) is 0 Å².